The number of carbonyl (C=O) groups is 2. The quantitative estimate of drug-likeness (QED) is 0.823. The Bertz CT molecular complexity index is 823. The summed E-state index contributed by atoms with van der Waals surface area (Å²) in [5.41, 5.74) is 2.53. The van der Waals surface area contributed by atoms with Crippen LogP contribution in [0.5, 0.6) is 0 Å². The molecule has 1 aromatic carbocycles. The number of nitrogens with zero attached hydrogens (tertiary/aromatic N) is 2. The minimum Gasteiger partial charge on any atom is -0.479 e. The van der Waals surface area contributed by atoms with Gasteiger partial charge in [0.1, 0.15) is 5.82 Å². The van der Waals surface area contributed by atoms with Gasteiger partial charge < -0.3 is 14.7 Å². The van der Waals surface area contributed by atoms with Crippen LogP contribution in [0.4, 0.5) is 14.9 Å². The summed E-state index contributed by atoms with van der Waals surface area (Å²) >= 11 is 0. The summed E-state index contributed by atoms with van der Waals surface area (Å²) in [5, 5.41) is 8.89. The summed E-state index contributed by atoms with van der Waals surface area (Å²) in [6, 6.07) is 4.58. The molecule has 4 rings (SSSR count). The van der Waals surface area contributed by atoms with Crippen LogP contribution in [-0.2, 0) is 9.53 Å². The van der Waals surface area contributed by atoms with Crippen molar-refractivity contribution in [2.75, 3.05) is 11.5 Å². The summed E-state index contributed by atoms with van der Waals surface area (Å²) in [4.78, 5) is 27.6. The molecular weight excluding hydrogens is 363 g/mol. The van der Waals surface area contributed by atoms with E-state index in [4.69, 9.17) is 9.84 Å². The average molecular weight is 388 g/mol. The smallest absolute Gasteiger partial charge is 0.411 e. The molecule has 150 valence electrons. The van der Waals surface area contributed by atoms with Gasteiger partial charge >= 0.3 is 12.1 Å². The first kappa shape index (κ1) is 18.8. The number of anilines is 1. The molecule has 1 aliphatic heterocycles. The van der Waals surface area contributed by atoms with Gasteiger partial charge in [-0.15, -0.1) is 0 Å². The van der Waals surface area contributed by atoms with Crippen molar-refractivity contribution in [1.29, 1.82) is 0 Å². The Morgan fingerprint density at radius 1 is 1.32 bits per heavy atom. The molecule has 1 aromatic rings. The minimum atomic E-state index is -1.19. The highest BCUT2D eigenvalue weighted by Crippen LogP contribution is 2.53. The number of ether oxygens (including phenoxy) is 1. The number of carboxylic acids is 1. The molecule has 1 N–H and O–H groups in total. The van der Waals surface area contributed by atoms with Crippen molar-refractivity contribution in [3.8, 4) is 0 Å². The molecule has 2 saturated carbocycles. The number of hydrogen-bond donors (Lipinski definition) is 1. The Labute approximate surface area is 163 Å². The Kier molecular flexibility index (Phi) is 4.77. The van der Waals surface area contributed by atoms with Gasteiger partial charge in [-0.2, -0.15) is 0 Å². The molecule has 1 heterocycles. The molecular formula is C21H25FN2O4. The molecule has 3 aliphatic rings. The van der Waals surface area contributed by atoms with Crippen molar-refractivity contribution in [1.82, 2.24) is 4.90 Å². The normalized spacial score (nSPS) is 25.6. The SMILES string of the molecule is C=C(C)N1c2ccc(F)cc2C(N(C(=O)OCC(=O)O)C2CC2)C2CCCC21. The average Bonchev–Trinajstić information content (AvgIpc) is 3.35. The lowest BCUT2D eigenvalue weighted by Gasteiger charge is -2.48. The fraction of sp³-hybridized carbons (Fsp3) is 0.524. The Morgan fingerprint density at radius 2 is 2.07 bits per heavy atom. The van der Waals surface area contributed by atoms with E-state index in [9.17, 15) is 14.0 Å². The third-order valence-corrected chi connectivity index (χ3v) is 6.02. The van der Waals surface area contributed by atoms with E-state index >= 15 is 0 Å². The van der Waals surface area contributed by atoms with Gasteiger partial charge in [-0.25, -0.2) is 14.0 Å². The summed E-state index contributed by atoms with van der Waals surface area (Å²) in [5.74, 6) is -1.41. The maximum Gasteiger partial charge on any atom is 0.411 e. The van der Waals surface area contributed by atoms with Crippen molar-refractivity contribution in [3.63, 3.8) is 0 Å². The van der Waals surface area contributed by atoms with Crippen molar-refractivity contribution in [2.24, 2.45) is 5.92 Å². The summed E-state index contributed by atoms with van der Waals surface area (Å²) < 4.78 is 19.3. The van der Waals surface area contributed by atoms with Crippen LogP contribution >= 0.6 is 0 Å². The standard InChI is InChI=1S/C21H25FN2O4/c1-12(2)23-17-5-3-4-15(17)20(16-10-13(22)6-9-18(16)23)24(14-7-8-14)21(27)28-11-19(25)26/h6,9-10,14-15,17,20H,1,3-5,7-8,11H2,2H3,(H,25,26). The van der Waals surface area contributed by atoms with E-state index in [-0.39, 0.29) is 29.9 Å². The second-order valence-electron chi connectivity index (χ2n) is 8.00. The van der Waals surface area contributed by atoms with Crippen molar-refractivity contribution in [3.05, 3.63) is 41.9 Å². The van der Waals surface area contributed by atoms with E-state index in [2.05, 4.69) is 11.5 Å². The van der Waals surface area contributed by atoms with Crippen LogP contribution in [0.25, 0.3) is 0 Å². The molecule has 6 nitrogen and oxygen atoms in total. The van der Waals surface area contributed by atoms with Gasteiger partial charge in [0.05, 0.1) is 6.04 Å². The van der Waals surface area contributed by atoms with Crippen LogP contribution in [0, 0.1) is 11.7 Å². The highest BCUT2D eigenvalue weighted by molar-refractivity contribution is 5.76. The van der Waals surface area contributed by atoms with Crippen molar-refractivity contribution >= 4 is 17.7 Å². The lowest BCUT2D eigenvalue weighted by atomic mass is 9.81. The van der Waals surface area contributed by atoms with E-state index in [0.29, 0.717) is 0 Å². The van der Waals surface area contributed by atoms with Crippen LogP contribution in [0.3, 0.4) is 0 Å². The zero-order valence-electron chi connectivity index (χ0n) is 15.9. The van der Waals surface area contributed by atoms with E-state index < -0.39 is 18.7 Å². The molecule has 0 saturated heterocycles. The highest BCUT2D eigenvalue weighted by Gasteiger charge is 2.51. The number of benzene rings is 1. The van der Waals surface area contributed by atoms with Crippen molar-refractivity contribution < 1.29 is 23.8 Å². The molecule has 28 heavy (non-hydrogen) atoms. The first-order valence-corrected chi connectivity index (χ1v) is 9.79. The molecule has 3 unspecified atom stereocenters. The summed E-state index contributed by atoms with van der Waals surface area (Å²) in [7, 11) is 0. The largest absolute Gasteiger partial charge is 0.479 e. The number of carboxylic acid groups (broad SMARTS) is 1. The third-order valence-electron chi connectivity index (χ3n) is 6.02. The molecule has 2 fully saturated rings. The van der Waals surface area contributed by atoms with E-state index in [1.807, 2.05) is 6.92 Å². The third kappa shape index (κ3) is 3.23. The fourth-order valence-corrected chi connectivity index (χ4v) is 4.93. The lowest BCUT2D eigenvalue weighted by molar-refractivity contribution is -0.140. The predicted octanol–water partition coefficient (Wildman–Crippen LogP) is 4.07. The maximum absolute atomic E-state index is 14.2. The van der Waals surface area contributed by atoms with Gasteiger partial charge in [0.25, 0.3) is 0 Å². The number of fused-ring (bicyclic) bond motifs is 2. The molecule has 3 atom stereocenters. The van der Waals surface area contributed by atoms with Gasteiger partial charge in [0.15, 0.2) is 6.61 Å². The number of allylic oxidation sites excluding steroid dienone is 1. The number of rotatable bonds is 5. The first-order chi connectivity index (χ1) is 13.4. The lowest BCUT2D eigenvalue weighted by Crippen LogP contribution is -2.50. The molecule has 7 heteroatoms. The van der Waals surface area contributed by atoms with E-state index in [1.165, 1.54) is 12.1 Å². The molecule has 0 bridgehead atoms. The van der Waals surface area contributed by atoms with Crippen LogP contribution < -0.4 is 4.90 Å². The van der Waals surface area contributed by atoms with Gasteiger partial charge in [-0.1, -0.05) is 13.0 Å². The number of aliphatic carboxylic acids is 1. The van der Waals surface area contributed by atoms with Crippen molar-refractivity contribution in [2.45, 2.75) is 57.2 Å². The van der Waals surface area contributed by atoms with Crippen LogP contribution in [0.1, 0.15) is 50.6 Å². The van der Waals surface area contributed by atoms with E-state index in [1.54, 1.807) is 11.0 Å². The zero-order chi connectivity index (χ0) is 20.0. The second-order valence-corrected chi connectivity index (χ2v) is 8.00. The van der Waals surface area contributed by atoms with Gasteiger partial charge in [0, 0.05) is 34.9 Å². The molecule has 0 radical (unpaired) electrons. The summed E-state index contributed by atoms with van der Waals surface area (Å²) in [6.45, 7) is 5.40. The Hall–Kier alpha value is -2.57. The number of amides is 1. The monoisotopic (exact) mass is 388 g/mol. The number of carbonyl (C=O) groups excluding carboxylic acids is 1. The first-order valence-electron chi connectivity index (χ1n) is 9.79. The molecule has 2 aliphatic carbocycles. The molecule has 0 aromatic heterocycles. The van der Waals surface area contributed by atoms with Crippen LogP contribution in [0.15, 0.2) is 30.5 Å². The number of halogens is 1. The highest BCUT2D eigenvalue weighted by atomic mass is 19.1. The molecule has 1 amide bonds. The Balaban J connectivity index is 1.78. The number of hydrogen-bond acceptors (Lipinski definition) is 4. The fourth-order valence-electron chi connectivity index (χ4n) is 4.93. The van der Waals surface area contributed by atoms with Crippen LogP contribution in [-0.4, -0.2) is 40.8 Å². The van der Waals surface area contributed by atoms with Gasteiger partial charge in [-0.05, 0) is 50.8 Å². The minimum absolute atomic E-state index is 0.0139. The maximum atomic E-state index is 14.2. The van der Waals surface area contributed by atoms with Gasteiger partial charge in [-0.3, -0.25) is 4.90 Å². The zero-order valence-corrected chi connectivity index (χ0v) is 15.9. The van der Waals surface area contributed by atoms with Crippen LogP contribution in [0.2, 0.25) is 0 Å². The second kappa shape index (κ2) is 7.11. The topological polar surface area (TPSA) is 70.1 Å². The van der Waals surface area contributed by atoms with Gasteiger partial charge in [0.2, 0.25) is 0 Å². The Morgan fingerprint density at radius 3 is 2.71 bits per heavy atom. The predicted molar refractivity (Wildman–Crippen MR) is 101 cm³/mol. The molecule has 0 spiro atoms. The van der Waals surface area contributed by atoms with E-state index in [0.717, 1.165) is 49.1 Å². The summed E-state index contributed by atoms with van der Waals surface area (Å²) in [6.07, 6.45) is 4.00.